The fraction of sp³-hybridized carbons (Fsp3) is 1.00. The summed E-state index contributed by atoms with van der Waals surface area (Å²) in [5, 5.41) is 3.80. The van der Waals surface area contributed by atoms with E-state index in [9.17, 15) is 0 Å². The minimum Gasteiger partial charge on any atom is -0.311 e. The Kier molecular flexibility index (Phi) is 4.66. The number of thioether (sulfide) groups is 1. The van der Waals surface area contributed by atoms with Gasteiger partial charge in [-0.25, -0.2) is 0 Å². The van der Waals surface area contributed by atoms with Crippen molar-refractivity contribution in [3.63, 3.8) is 0 Å². The first-order chi connectivity index (χ1) is 8.39. The zero-order valence-corrected chi connectivity index (χ0v) is 13.5. The molecule has 2 fully saturated rings. The summed E-state index contributed by atoms with van der Waals surface area (Å²) in [6.45, 7) is 14.2. The second kappa shape index (κ2) is 5.72. The third kappa shape index (κ3) is 3.23. The molecular formula is C15H30N2S. The molecule has 1 N–H and O–H groups in total. The number of piperazine rings is 1. The maximum atomic E-state index is 3.80. The Morgan fingerprint density at radius 1 is 1.28 bits per heavy atom. The van der Waals surface area contributed by atoms with Crippen LogP contribution in [0.2, 0.25) is 0 Å². The Balaban J connectivity index is 2.08. The van der Waals surface area contributed by atoms with Crippen LogP contribution >= 0.6 is 11.8 Å². The summed E-state index contributed by atoms with van der Waals surface area (Å²) in [5.74, 6) is 3.46. The molecule has 3 heteroatoms. The molecule has 0 bridgehead atoms. The number of hydrogen-bond donors (Lipinski definition) is 1. The second-order valence-corrected chi connectivity index (χ2v) is 8.50. The molecule has 2 aliphatic rings. The molecule has 2 aliphatic heterocycles. The van der Waals surface area contributed by atoms with Crippen molar-refractivity contribution in [1.29, 1.82) is 0 Å². The number of rotatable bonds is 2. The normalized spacial score (nSPS) is 35.3. The Morgan fingerprint density at radius 3 is 2.50 bits per heavy atom. The third-order valence-corrected chi connectivity index (χ3v) is 5.73. The van der Waals surface area contributed by atoms with E-state index in [1.165, 1.54) is 31.0 Å². The lowest BCUT2D eigenvalue weighted by Crippen LogP contribution is -2.64. The summed E-state index contributed by atoms with van der Waals surface area (Å²) in [6.07, 6.45) is 1.39. The van der Waals surface area contributed by atoms with E-state index in [4.69, 9.17) is 0 Å². The van der Waals surface area contributed by atoms with Gasteiger partial charge in [0.05, 0.1) is 0 Å². The van der Waals surface area contributed by atoms with E-state index in [0.717, 1.165) is 18.0 Å². The molecule has 0 aromatic heterocycles. The standard InChI is InChI=1S/C15H30N2S/c1-11(2)13-8-16-14(15(3,4)5)9-17(13)12-6-7-18-10-12/h11-14,16H,6-10H2,1-5H3. The highest BCUT2D eigenvalue weighted by Crippen LogP contribution is 2.31. The first-order valence-electron chi connectivity index (χ1n) is 7.46. The van der Waals surface area contributed by atoms with Crippen molar-refractivity contribution >= 4 is 11.8 Å². The van der Waals surface area contributed by atoms with Crippen molar-refractivity contribution in [3.05, 3.63) is 0 Å². The van der Waals surface area contributed by atoms with Gasteiger partial charge in [-0.1, -0.05) is 34.6 Å². The van der Waals surface area contributed by atoms with Gasteiger partial charge >= 0.3 is 0 Å². The highest BCUT2D eigenvalue weighted by Gasteiger charge is 2.38. The van der Waals surface area contributed by atoms with Gasteiger partial charge in [-0.2, -0.15) is 11.8 Å². The van der Waals surface area contributed by atoms with Gasteiger partial charge in [0, 0.05) is 37.0 Å². The third-order valence-electron chi connectivity index (χ3n) is 4.58. The summed E-state index contributed by atoms with van der Waals surface area (Å²) < 4.78 is 0. The molecule has 0 saturated carbocycles. The molecule has 0 aromatic carbocycles. The first-order valence-corrected chi connectivity index (χ1v) is 8.62. The van der Waals surface area contributed by atoms with Crippen LogP contribution in [0.25, 0.3) is 0 Å². The monoisotopic (exact) mass is 270 g/mol. The van der Waals surface area contributed by atoms with Gasteiger partial charge in [-0.3, -0.25) is 4.90 Å². The van der Waals surface area contributed by atoms with Gasteiger partial charge in [0.2, 0.25) is 0 Å². The van der Waals surface area contributed by atoms with Gasteiger partial charge in [-0.15, -0.1) is 0 Å². The van der Waals surface area contributed by atoms with Gasteiger partial charge in [0.1, 0.15) is 0 Å². The SMILES string of the molecule is CC(C)C1CNC(C(C)(C)C)CN1C1CCSC1. The molecule has 18 heavy (non-hydrogen) atoms. The summed E-state index contributed by atoms with van der Waals surface area (Å²) in [4.78, 5) is 2.83. The lowest BCUT2D eigenvalue weighted by molar-refractivity contribution is 0.0368. The number of nitrogens with one attached hydrogen (secondary N) is 1. The smallest absolute Gasteiger partial charge is 0.0247 e. The fourth-order valence-corrected chi connectivity index (χ4v) is 4.43. The molecule has 0 spiro atoms. The van der Waals surface area contributed by atoms with Crippen molar-refractivity contribution in [2.45, 2.75) is 59.2 Å². The molecule has 3 unspecified atom stereocenters. The van der Waals surface area contributed by atoms with Crippen molar-refractivity contribution < 1.29 is 0 Å². The molecular weight excluding hydrogens is 240 g/mol. The Hall–Kier alpha value is 0.270. The van der Waals surface area contributed by atoms with Crippen LogP contribution in [-0.2, 0) is 0 Å². The Bertz CT molecular complexity index is 266. The fourth-order valence-electron chi connectivity index (χ4n) is 3.19. The Labute approximate surface area is 117 Å². The van der Waals surface area contributed by atoms with E-state index in [0.29, 0.717) is 11.5 Å². The molecule has 2 rings (SSSR count). The van der Waals surface area contributed by atoms with Crippen LogP contribution in [0.1, 0.15) is 41.0 Å². The molecule has 2 heterocycles. The zero-order chi connectivity index (χ0) is 13.3. The van der Waals surface area contributed by atoms with Crippen molar-refractivity contribution in [3.8, 4) is 0 Å². The maximum absolute atomic E-state index is 3.80. The second-order valence-electron chi connectivity index (χ2n) is 7.35. The Morgan fingerprint density at radius 2 is 2.00 bits per heavy atom. The van der Waals surface area contributed by atoms with E-state index < -0.39 is 0 Å². The summed E-state index contributed by atoms with van der Waals surface area (Å²) in [6, 6.07) is 2.19. The van der Waals surface area contributed by atoms with Crippen LogP contribution in [-0.4, -0.2) is 47.6 Å². The maximum Gasteiger partial charge on any atom is 0.0247 e. The molecule has 2 nitrogen and oxygen atoms in total. The van der Waals surface area contributed by atoms with Gasteiger partial charge in [0.15, 0.2) is 0 Å². The van der Waals surface area contributed by atoms with E-state index in [1.807, 2.05) is 0 Å². The molecule has 0 amide bonds. The molecule has 106 valence electrons. The molecule has 0 aromatic rings. The minimum atomic E-state index is 0.367. The summed E-state index contributed by atoms with van der Waals surface area (Å²) >= 11 is 2.14. The first kappa shape index (κ1) is 14.7. The van der Waals surface area contributed by atoms with Crippen LogP contribution < -0.4 is 5.32 Å². The number of nitrogens with zero attached hydrogens (tertiary/aromatic N) is 1. The van der Waals surface area contributed by atoms with Crippen LogP contribution in [0, 0.1) is 11.3 Å². The van der Waals surface area contributed by atoms with Crippen molar-refractivity contribution in [1.82, 2.24) is 10.2 Å². The van der Waals surface area contributed by atoms with Gasteiger partial charge in [0.25, 0.3) is 0 Å². The highest BCUT2D eigenvalue weighted by molar-refractivity contribution is 7.99. The zero-order valence-electron chi connectivity index (χ0n) is 12.7. The van der Waals surface area contributed by atoms with E-state index in [-0.39, 0.29) is 0 Å². The predicted molar refractivity (Wildman–Crippen MR) is 82.3 cm³/mol. The molecule has 2 saturated heterocycles. The van der Waals surface area contributed by atoms with Crippen LogP contribution in [0.3, 0.4) is 0 Å². The summed E-state index contributed by atoms with van der Waals surface area (Å²) in [5.41, 5.74) is 0.367. The topological polar surface area (TPSA) is 15.3 Å². The minimum absolute atomic E-state index is 0.367. The van der Waals surface area contributed by atoms with Gasteiger partial charge < -0.3 is 5.32 Å². The largest absolute Gasteiger partial charge is 0.311 e. The quantitative estimate of drug-likeness (QED) is 0.830. The highest BCUT2D eigenvalue weighted by atomic mass is 32.2. The van der Waals surface area contributed by atoms with E-state index in [2.05, 4.69) is 56.6 Å². The van der Waals surface area contributed by atoms with Crippen molar-refractivity contribution in [2.75, 3.05) is 24.6 Å². The van der Waals surface area contributed by atoms with Crippen LogP contribution in [0.5, 0.6) is 0 Å². The average Bonchev–Trinajstić information content (AvgIpc) is 2.80. The lowest BCUT2D eigenvalue weighted by atomic mass is 9.83. The number of hydrogen-bond acceptors (Lipinski definition) is 3. The molecule has 0 radical (unpaired) electrons. The lowest BCUT2D eigenvalue weighted by Gasteiger charge is -2.48. The van der Waals surface area contributed by atoms with Crippen LogP contribution in [0.15, 0.2) is 0 Å². The van der Waals surface area contributed by atoms with Gasteiger partial charge in [-0.05, 0) is 23.5 Å². The predicted octanol–water partition coefficient (Wildman–Crippen LogP) is 2.84. The average molecular weight is 270 g/mol. The summed E-state index contributed by atoms with van der Waals surface area (Å²) in [7, 11) is 0. The van der Waals surface area contributed by atoms with E-state index >= 15 is 0 Å². The molecule has 3 atom stereocenters. The molecule has 0 aliphatic carbocycles. The van der Waals surface area contributed by atoms with Crippen molar-refractivity contribution in [2.24, 2.45) is 11.3 Å². The van der Waals surface area contributed by atoms with Crippen LogP contribution in [0.4, 0.5) is 0 Å². The van der Waals surface area contributed by atoms with E-state index in [1.54, 1.807) is 0 Å².